The molecular weight excluding hydrogens is 430 g/mol. The number of fused-ring (bicyclic) bond motifs is 2. The summed E-state index contributed by atoms with van der Waals surface area (Å²) in [7, 11) is 0. The molecule has 0 unspecified atom stereocenters. The number of amides is 5. The number of piperidine rings is 1. The maximum absolute atomic E-state index is 12.7. The van der Waals surface area contributed by atoms with Crippen LogP contribution in [0, 0.1) is 5.92 Å². The third-order valence-electron chi connectivity index (χ3n) is 6.19. The molecule has 3 fully saturated rings. The minimum atomic E-state index is -0.640. The van der Waals surface area contributed by atoms with E-state index in [1.165, 1.54) is 9.96 Å². The van der Waals surface area contributed by atoms with Gasteiger partial charge in [-0.15, -0.1) is 0 Å². The molecule has 2 bridgehead atoms. The molecule has 3 rings (SSSR count). The molecule has 0 aromatic rings. The van der Waals surface area contributed by atoms with Gasteiger partial charge in [0.05, 0.1) is 12.6 Å². The molecule has 3 aliphatic rings. The quantitative estimate of drug-likeness (QED) is 0.387. The highest BCUT2D eigenvalue weighted by atomic mass is 16.7. The number of urea groups is 1. The van der Waals surface area contributed by atoms with Crippen molar-refractivity contribution in [3.63, 3.8) is 0 Å². The standard InChI is InChI=1S/C22H37N5O6/c1-5-6-11-32-27-16-9-10-17(26(13-16)21(27)31)19(29)25-24-18(28)14-7-8-15(12-14)23-20(30)33-22(2,3)4/h14-17H,5-13H2,1-4H3,(H,23,30)(H,24,28)(H,25,29)/t14-,15+,16-,17-/m0/s1. The number of carbonyl (C=O) groups excluding carboxylic acids is 4. The lowest BCUT2D eigenvalue weighted by molar-refractivity contribution is -0.133. The van der Waals surface area contributed by atoms with Crippen molar-refractivity contribution in [2.75, 3.05) is 13.2 Å². The Labute approximate surface area is 194 Å². The van der Waals surface area contributed by atoms with Crippen LogP contribution in [0.15, 0.2) is 0 Å². The van der Waals surface area contributed by atoms with E-state index in [4.69, 9.17) is 9.57 Å². The zero-order chi connectivity index (χ0) is 24.2. The number of unbranched alkanes of at least 4 members (excludes halogenated alkanes) is 1. The summed E-state index contributed by atoms with van der Waals surface area (Å²) in [6, 6.07) is -1.13. The molecule has 2 heterocycles. The molecule has 33 heavy (non-hydrogen) atoms. The number of rotatable bonds is 7. The highest BCUT2D eigenvalue weighted by Gasteiger charge is 2.48. The van der Waals surface area contributed by atoms with Gasteiger partial charge in [0.25, 0.3) is 5.91 Å². The number of nitrogens with zero attached hydrogens (tertiary/aromatic N) is 2. The van der Waals surface area contributed by atoms with Crippen molar-refractivity contribution in [3.05, 3.63) is 0 Å². The van der Waals surface area contributed by atoms with E-state index >= 15 is 0 Å². The number of carbonyl (C=O) groups is 4. The molecule has 2 saturated heterocycles. The molecule has 11 nitrogen and oxygen atoms in total. The minimum Gasteiger partial charge on any atom is -0.444 e. The van der Waals surface area contributed by atoms with Crippen LogP contribution in [0.5, 0.6) is 0 Å². The maximum atomic E-state index is 12.7. The van der Waals surface area contributed by atoms with Crippen LogP contribution in [0.2, 0.25) is 0 Å². The monoisotopic (exact) mass is 467 g/mol. The van der Waals surface area contributed by atoms with Crippen molar-refractivity contribution in [2.24, 2.45) is 5.92 Å². The molecular formula is C22H37N5O6. The first-order chi connectivity index (χ1) is 15.6. The van der Waals surface area contributed by atoms with E-state index in [1.54, 1.807) is 20.8 Å². The van der Waals surface area contributed by atoms with Gasteiger partial charge in [-0.1, -0.05) is 13.3 Å². The Kier molecular flexibility index (Phi) is 8.04. The van der Waals surface area contributed by atoms with E-state index in [9.17, 15) is 19.2 Å². The molecule has 1 aliphatic carbocycles. The second kappa shape index (κ2) is 10.6. The zero-order valence-electron chi connectivity index (χ0n) is 20.0. The lowest BCUT2D eigenvalue weighted by atomic mass is 10.0. The highest BCUT2D eigenvalue weighted by Crippen LogP contribution is 2.30. The summed E-state index contributed by atoms with van der Waals surface area (Å²) < 4.78 is 5.26. The smallest absolute Gasteiger partial charge is 0.407 e. The van der Waals surface area contributed by atoms with Gasteiger partial charge < -0.3 is 15.0 Å². The van der Waals surface area contributed by atoms with Crippen molar-refractivity contribution in [1.82, 2.24) is 26.1 Å². The first kappa shape index (κ1) is 25.1. The van der Waals surface area contributed by atoms with Crippen LogP contribution in [0.1, 0.15) is 72.6 Å². The minimum absolute atomic E-state index is 0.0408. The second-order valence-corrected chi connectivity index (χ2v) is 10.0. The number of hydroxylamine groups is 2. The van der Waals surface area contributed by atoms with Crippen molar-refractivity contribution < 1.29 is 28.8 Å². The predicted octanol–water partition coefficient (Wildman–Crippen LogP) is 1.83. The summed E-state index contributed by atoms with van der Waals surface area (Å²) in [6.07, 6.45) is 4.24. The first-order valence-corrected chi connectivity index (χ1v) is 11.9. The Balaban J connectivity index is 1.42. The Morgan fingerprint density at radius 1 is 1.06 bits per heavy atom. The van der Waals surface area contributed by atoms with E-state index in [0.29, 0.717) is 45.3 Å². The summed E-state index contributed by atoms with van der Waals surface area (Å²) in [5.74, 6) is -1.04. The Morgan fingerprint density at radius 3 is 2.48 bits per heavy atom. The van der Waals surface area contributed by atoms with Crippen LogP contribution < -0.4 is 16.2 Å². The topological polar surface area (TPSA) is 129 Å². The number of hydrogen-bond acceptors (Lipinski definition) is 6. The van der Waals surface area contributed by atoms with Crippen molar-refractivity contribution >= 4 is 23.9 Å². The molecule has 4 atom stereocenters. The van der Waals surface area contributed by atoms with Gasteiger partial charge in [-0.25, -0.2) is 9.59 Å². The lowest BCUT2D eigenvalue weighted by Gasteiger charge is -2.29. The van der Waals surface area contributed by atoms with Gasteiger partial charge in [-0.05, 0) is 59.3 Å². The van der Waals surface area contributed by atoms with Crippen LogP contribution in [-0.2, 0) is 19.2 Å². The van der Waals surface area contributed by atoms with Crippen LogP contribution in [-0.4, -0.2) is 70.8 Å². The summed E-state index contributed by atoms with van der Waals surface area (Å²) in [6.45, 7) is 8.34. The average Bonchev–Trinajstić information content (AvgIpc) is 3.29. The van der Waals surface area contributed by atoms with Crippen LogP contribution in [0.3, 0.4) is 0 Å². The largest absolute Gasteiger partial charge is 0.444 e. The zero-order valence-corrected chi connectivity index (χ0v) is 20.0. The summed E-state index contributed by atoms with van der Waals surface area (Å²) >= 11 is 0. The summed E-state index contributed by atoms with van der Waals surface area (Å²) in [5.41, 5.74) is 4.39. The molecule has 0 aromatic heterocycles. The van der Waals surface area contributed by atoms with Gasteiger partial charge in [0.1, 0.15) is 11.6 Å². The second-order valence-electron chi connectivity index (χ2n) is 10.0. The number of hydrogen-bond donors (Lipinski definition) is 3. The van der Waals surface area contributed by atoms with Gasteiger partial charge >= 0.3 is 12.1 Å². The molecule has 11 heteroatoms. The Morgan fingerprint density at radius 2 is 1.79 bits per heavy atom. The molecule has 0 radical (unpaired) electrons. The number of hydrazine groups is 1. The SMILES string of the molecule is CCCCON1C(=O)N2C[C@@H]1CC[C@H]2C(=O)NNC(=O)[C@H]1CC[C@@H](NC(=O)OC(C)(C)C)C1. The molecule has 5 amide bonds. The summed E-state index contributed by atoms with van der Waals surface area (Å²) in [5, 5.41) is 4.19. The van der Waals surface area contributed by atoms with E-state index < -0.39 is 23.6 Å². The van der Waals surface area contributed by atoms with Crippen molar-refractivity contribution in [1.29, 1.82) is 0 Å². The maximum Gasteiger partial charge on any atom is 0.407 e. The fourth-order valence-corrected chi connectivity index (χ4v) is 4.51. The third-order valence-corrected chi connectivity index (χ3v) is 6.19. The molecule has 2 aliphatic heterocycles. The Hall–Kier alpha value is -2.56. The number of nitrogens with one attached hydrogen (secondary N) is 3. The van der Waals surface area contributed by atoms with Gasteiger partial charge in [0.2, 0.25) is 5.91 Å². The van der Waals surface area contributed by atoms with E-state index in [-0.39, 0.29) is 29.9 Å². The van der Waals surface area contributed by atoms with Gasteiger partial charge in [0.15, 0.2) is 0 Å². The van der Waals surface area contributed by atoms with E-state index in [1.807, 2.05) is 0 Å². The average molecular weight is 468 g/mol. The van der Waals surface area contributed by atoms with Crippen molar-refractivity contribution in [2.45, 2.75) is 96.4 Å². The number of ether oxygens (including phenoxy) is 1. The molecule has 1 saturated carbocycles. The third kappa shape index (κ3) is 6.49. The number of alkyl carbamates (subject to hydrolysis) is 1. The van der Waals surface area contributed by atoms with Crippen LogP contribution >= 0.6 is 0 Å². The molecule has 3 N–H and O–H groups in total. The predicted molar refractivity (Wildman–Crippen MR) is 118 cm³/mol. The molecule has 186 valence electrons. The van der Waals surface area contributed by atoms with Crippen LogP contribution in [0.4, 0.5) is 9.59 Å². The lowest BCUT2D eigenvalue weighted by Crippen LogP contribution is -2.54. The molecule has 0 aromatic carbocycles. The van der Waals surface area contributed by atoms with Crippen molar-refractivity contribution in [3.8, 4) is 0 Å². The fraction of sp³-hybridized carbons (Fsp3) is 0.818. The van der Waals surface area contributed by atoms with E-state index in [2.05, 4.69) is 23.1 Å². The first-order valence-electron chi connectivity index (χ1n) is 11.9. The normalized spacial score (nSPS) is 26.8. The molecule has 0 spiro atoms. The van der Waals surface area contributed by atoms with Gasteiger partial charge in [-0.2, -0.15) is 5.06 Å². The highest BCUT2D eigenvalue weighted by molar-refractivity contribution is 5.90. The van der Waals surface area contributed by atoms with Gasteiger partial charge in [-0.3, -0.25) is 25.3 Å². The van der Waals surface area contributed by atoms with Crippen LogP contribution in [0.25, 0.3) is 0 Å². The fourth-order valence-electron chi connectivity index (χ4n) is 4.51. The Bertz CT molecular complexity index is 754. The van der Waals surface area contributed by atoms with Gasteiger partial charge in [0, 0.05) is 18.5 Å². The summed E-state index contributed by atoms with van der Waals surface area (Å²) in [4.78, 5) is 57.0. The van der Waals surface area contributed by atoms with E-state index in [0.717, 1.165) is 12.8 Å².